The molecule has 2 N–H and O–H groups in total. The van der Waals surface area contributed by atoms with Crippen molar-refractivity contribution < 1.29 is 14.2 Å². The second-order valence-corrected chi connectivity index (χ2v) is 14.3. The topological polar surface area (TPSA) is 53.7 Å². The van der Waals surface area contributed by atoms with Gasteiger partial charge in [-0.1, -0.05) is 120 Å². The molecule has 1 aromatic carbocycles. The molecule has 1 rings (SSSR count). The Kier molecular flexibility index (Phi) is 20.3. The number of nitrogens with two attached hydrogens (primary N) is 1. The van der Waals surface area contributed by atoms with Crippen LogP contribution in [0.15, 0.2) is 12.1 Å². The van der Waals surface area contributed by atoms with Crippen molar-refractivity contribution in [3.05, 3.63) is 17.7 Å². The van der Waals surface area contributed by atoms with E-state index in [-0.39, 0.29) is 0 Å². The number of hydrogen-bond acceptors (Lipinski definition) is 4. The van der Waals surface area contributed by atoms with Crippen LogP contribution in [0.2, 0.25) is 0 Å². The van der Waals surface area contributed by atoms with Crippen LogP contribution in [0.4, 0.5) is 0 Å². The molecule has 0 heterocycles. The van der Waals surface area contributed by atoms with Gasteiger partial charge in [-0.2, -0.15) is 0 Å². The SMILES string of the molecule is CC(C)CCCC(C)CCOc1cc(CN)cc(OCCC(C)CCCC(C)C)c1OCCC(C)CCCC(C)C. The summed E-state index contributed by atoms with van der Waals surface area (Å²) >= 11 is 0. The first-order valence-electron chi connectivity index (χ1n) is 17.3. The summed E-state index contributed by atoms with van der Waals surface area (Å²) in [5.41, 5.74) is 7.13. The summed E-state index contributed by atoms with van der Waals surface area (Å²) in [5, 5.41) is 0. The summed E-state index contributed by atoms with van der Waals surface area (Å²) in [7, 11) is 0. The highest BCUT2D eigenvalue weighted by molar-refractivity contribution is 5.54. The van der Waals surface area contributed by atoms with Crippen molar-refractivity contribution in [1.29, 1.82) is 0 Å². The molecule has 41 heavy (non-hydrogen) atoms. The van der Waals surface area contributed by atoms with Crippen molar-refractivity contribution in [3.8, 4) is 17.2 Å². The van der Waals surface area contributed by atoms with Crippen molar-refractivity contribution in [1.82, 2.24) is 0 Å². The van der Waals surface area contributed by atoms with E-state index in [2.05, 4.69) is 74.4 Å². The number of ether oxygens (including phenoxy) is 3. The Morgan fingerprint density at radius 3 is 1.15 bits per heavy atom. The van der Waals surface area contributed by atoms with E-state index in [0.717, 1.165) is 59.8 Å². The van der Waals surface area contributed by atoms with E-state index < -0.39 is 0 Å². The zero-order valence-corrected chi connectivity index (χ0v) is 28.7. The zero-order valence-electron chi connectivity index (χ0n) is 28.7. The van der Waals surface area contributed by atoms with Gasteiger partial charge in [0.2, 0.25) is 5.75 Å². The first kappa shape index (κ1) is 37.6. The number of benzene rings is 1. The minimum absolute atomic E-state index is 0.455. The van der Waals surface area contributed by atoms with Gasteiger partial charge in [0.05, 0.1) is 19.8 Å². The van der Waals surface area contributed by atoms with Crippen LogP contribution >= 0.6 is 0 Å². The monoisotopic (exact) mass is 576 g/mol. The lowest BCUT2D eigenvalue weighted by Gasteiger charge is -2.21. The molecule has 1 aromatic rings. The summed E-state index contributed by atoms with van der Waals surface area (Å²) in [4.78, 5) is 0. The molecule has 3 unspecified atom stereocenters. The van der Waals surface area contributed by atoms with Gasteiger partial charge >= 0.3 is 0 Å². The van der Waals surface area contributed by atoms with Crippen LogP contribution in [0.1, 0.15) is 145 Å². The molecule has 3 atom stereocenters. The van der Waals surface area contributed by atoms with Gasteiger partial charge in [0.1, 0.15) is 0 Å². The van der Waals surface area contributed by atoms with Gasteiger partial charge < -0.3 is 19.9 Å². The Morgan fingerprint density at radius 1 is 0.488 bits per heavy atom. The summed E-state index contributed by atoms with van der Waals surface area (Å²) in [5.74, 6) is 6.60. The van der Waals surface area contributed by atoms with Crippen LogP contribution in [0, 0.1) is 35.5 Å². The summed E-state index contributed by atoms with van der Waals surface area (Å²) in [6, 6.07) is 4.12. The summed E-state index contributed by atoms with van der Waals surface area (Å²) in [6.07, 6.45) is 14.7. The Morgan fingerprint density at radius 2 is 0.829 bits per heavy atom. The molecular formula is C37H69NO3. The predicted molar refractivity (Wildman–Crippen MR) is 178 cm³/mol. The van der Waals surface area contributed by atoms with Crippen LogP contribution in [0.5, 0.6) is 17.2 Å². The van der Waals surface area contributed by atoms with Gasteiger partial charge in [-0.15, -0.1) is 0 Å². The fraction of sp³-hybridized carbons (Fsp3) is 0.838. The van der Waals surface area contributed by atoms with Gasteiger partial charge in [0.15, 0.2) is 11.5 Å². The van der Waals surface area contributed by atoms with Crippen molar-refractivity contribution in [2.45, 2.75) is 146 Å². The van der Waals surface area contributed by atoms with Gasteiger partial charge in [-0.05, 0) is 72.5 Å². The molecule has 0 aliphatic carbocycles. The van der Waals surface area contributed by atoms with E-state index in [9.17, 15) is 0 Å². The van der Waals surface area contributed by atoms with Crippen molar-refractivity contribution in [3.63, 3.8) is 0 Å². The third-order valence-corrected chi connectivity index (χ3v) is 8.34. The third kappa shape index (κ3) is 18.7. The molecule has 0 aliphatic rings. The van der Waals surface area contributed by atoms with Gasteiger partial charge in [-0.3, -0.25) is 0 Å². The third-order valence-electron chi connectivity index (χ3n) is 8.34. The molecule has 4 nitrogen and oxygen atoms in total. The molecule has 0 radical (unpaired) electrons. The van der Waals surface area contributed by atoms with Gasteiger partial charge in [0, 0.05) is 6.54 Å². The quantitative estimate of drug-likeness (QED) is 0.126. The molecule has 0 aromatic heterocycles. The second kappa shape index (κ2) is 22.2. The largest absolute Gasteiger partial charge is 0.490 e. The fourth-order valence-corrected chi connectivity index (χ4v) is 5.26. The van der Waals surface area contributed by atoms with Crippen LogP contribution in [0.25, 0.3) is 0 Å². The maximum atomic E-state index is 6.47. The van der Waals surface area contributed by atoms with Crippen LogP contribution in [-0.2, 0) is 6.54 Å². The molecule has 240 valence electrons. The van der Waals surface area contributed by atoms with E-state index in [1.165, 1.54) is 57.8 Å². The molecule has 0 aliphatic heterocycles. The molecule has 0 saturated heterocycles. The minimum atomic E-state index is 0.455. The van der Waals surface area contributed by atoms with Crippen LogP contribution in [-0.4, -0.2) is 19.8 Å². The Hall–Kier alpha value is -1.42. The van der Waals surface area contributed by atoms with Crippen LogP contribution in [0.3, 0.4) is 0 Å². The average molecular weight is 576 g/mol. The van der Waals surface area contributed by atoms with Crippen molar-refractivity contribution in [2.24, 2.45) is 41.2 Å². The van der Waals surface area contributed by atoms with E-state index in [0.29, 0.717) is 44.1 Å². The summed E-state index contributed by atoms with van der Waals surface area (Å²) < 4.78 is 19.3. The number of hydrogen-bond donors (Lipinski definition) is 1. The predicted octanol–water partition coefficient (Wildman–Crippen LogP) is 10.8. The summed E-state index contributed by atoms with van der Waals surface area (Å²) in [6.45, 7) is 23.4. The maximum Gasteiger partial charge on any atom is 0.203 e. The molecule has 0 saturated carbocycles. The zero-order chi connectivity index (χ0) is 30.6. The van der Waals surface area contributed by atoms with E-state index in [4.69, 9.17) is 19.9 Å². The molecule has 0 fully saturated rings. The number of rotatable bonds is 25. The van der Waals surface area contributed by atoms with Gasteiger partial charge in [-0.25, -0.2) is 0 Å². The Bertz CT molecular complexity index is 728. The fourth-order valence-electron chi connectivity index (χ4n) is 5.26. The second-order valence-electron chi connectivity index (χ2n) is 14.3. The van der Waals surface area contributed by atoms with Crippen molar-refractivity contribution in [2.75, 3.05) is 19.8 Å². The Labute approximate surface area is 255 Å². The van der Waals surface area contributed by atoms with Crippen molar-refractivity contribution >= 4 is 0 Å². The molecule has 0 bridgehead atoms. The lowest BCUT2D eigenvalue weighted by molar-refractivity contribution is 0.216. The molecular weight excluding hydrogens is 506 g/mol. The normalized spacial score (nSPS) is 14.1. The minimum Gasteiger partial charge on any atom is -0.490 e. The molecule has 0 amide bonds. The van der Waals surface area contributed by atoms with E-state index in [1.54, 1.807) is 0 Å². The molecule has 4 heteroatoms. The average Bonchev–Trinajstić information content (AvgIpc) is 2.89. The van der Waals surface area contributed by atoms with E-state index in [1.807, 2.05) is 0 Å². The lowest BCUT2D eigenvalue weighted by Crippen LogP contribution is -2.11. The Balaban J connectivity index is 2.87. The van der Waals surface area contributed by atoms with Crippen LogP contribution < -0.4 is 19.9 Å². The molecule has 0 spiro atoms. The smallest absolute Gasteiger partial charge is 0.203 e. The standard InChI is InChI=1S/C37H69NO3/c1-28(2)13-10-16-31(7)19-22-39-35-25-34(27-38)26-36(40-23-20-32(8)17-11-14-29(3)4)37(35)41-24-21-33(9)18-12-15-30(5)6/h25-26,28-33H,10-24,27,38H2,1-9H3. The highest BCUT2D eigenvalue weighted by Gasteiger charge is 2.17. The lowest BCUT2D eigenvalue weighted by atomic mass is 9.97. The highest BCUT2D eigenvalue weighted by atomic mass is 16.5. The first-order chi connectivity index (χ1) is 19.5. The maximum absolute atomic E-state index is 6.47. The van der Waals surface area contributed by atoms with E-state index >= 15 is 0 Å². The van der Waals surface area contributed by atoms with Gasteiger partial charge in [0.25, 0.3) is 0 Å². The highest BCUT2D eigenvalue weighted by Crippen LogP contribution is 2.40. The first-order valence-corrected chi connectivity index (χ1v) is 17.3.